The minimum atomic E-state index is -3.26. The van der Waals surface area contributed by atoms with Gasteiger partial charge >= 0.3 is 0 Å². The predicted molar refractivity (Wildman–Crippen MR) is 76.5 cm³/mol. The maximum Gasteiger partial charge on any atom is 0.256 e. The third-order valence-corrected chi connectivity index (χ3v) is 4.69. The quantitative estimate of drug-likeness (QED) is 0.596. The molecule has 1 amide bonds. The minimum Gasteiger partial charge on any atom is -0.336 e. The first-order valence-electron chi connectivity index (χ1n) is 6.34. The lowest BCUT2D eigenvalue weighted by molar-refractivity contribution is 0.0699. The third kappa shape index (κ3) is 3.31. The van der Waals surface area contributed by atoms with Crippen molar-refractivity contribution in [3.63, 3.8) is 0 Å². The smallest absolute Gasteiger partial charge is 0.256 e. The predicted octanol–water partition coefficient (Wildman–Crippen LogP) is -0.171. The van der Waals surface area contributed by atoms with Gasteiger partial charge in [0.15, 0.2) is 0 Å². The number of carbonyl (C=O) groups excluding carboxylic acids is 1. The van der Waals surface area contributed by atoms with Crippen LogP contribution < -0.4 is 11.3 Å². The van der Waals surface area contributed by atoms with Gasteiger partial charge in [-0.05, 0) is 12.1 Å². The number of halogens is 1. The van der Waals surface area contributed by atoms with E-state index in [0.717, 1.165) is 6.26 Å². The van der Waals surface area contributed by atoms with Gasteiger partial charge in [0, 0.05) is 26.2 Å². The van der Waals surface area contributed by atoms with Crippen LogP contribution in [0.3, 0.4) is 0 Å². The van der Waals surface area contributed by atoms with Gasteiger partial charge in [-0.3, -0.25) is 10.6 Å². The molecule has 9 heteroatoms. The first-order valence-corrected chi connectivity index (χ1v) is 8.19. The molecule has 21 heavy (non-hydrogen) atoms. The van der Waals surface area contributed by atoms with Gasteiger partial charge in [0.2, 0.25) is 10.0 Å². The second-order valence-electron chi connectivity index (χ2n) is 4.76. The Morgan fingerprint density at radius 1 is 1.29 bits per heavy atom. The number of benzene rings is 1. The molecule has 1 heterocycles. The second kappa shape index (κ2) is 5.96. The molecule has 1 aliphatic heterocycles. The molecule has 0 aromatic heterocycles. The Bertz CT molecular complexity index is 642. The van der Waals surface area contributed by atoms with Gasteiger partial charge in [0.25, 0.3) is 5.91 Å². The molecule has 0 atom stereocenters. The highest BCUT2D eigenvalue weighted by molar-refractivity contribution is 7.88. The largest absolute Gasteiger partial charge is 0.336 e. The summed E-state index contributed by atoms with van der Waals surface area (Å²) in [6.45, 7) is 0.968. The van der Waals surface area contributed by atoms with E-state index in [-0.39, 0.29) is 43.3 Å². The van der Waals surface area contributed by atoms with Crippen molar-refractivity contribution in [3.05, 3.63) is 29.6 Å². The number of piperazine rings is 1. The number of hydrogen-bond donors (Lipinski definition) is 2. The summed E-state index contributed by atoms with van der Waals surface area (Å²) in [6, 6.07) is 4.10. The molecule has 116 valence electrons. The van der Waals surface area contributed by atoms with Crippen LogP contribution in [0.25, 0.3) is 0 Å². The van der Waals surface area contributed by atoms with Crippen LogP contribution in [0.1, 0.15) is 10.4 Å². The summed E-state index contributed by atoms with van der Waals surface area (Å²) in [4.78, 5) is 13.9. The van der Waals surface area contributed by atoms with E-state index in [1.807, 2.05) is 0 Å². The molecule has 0 saturated carbocycles. The first-order chi connectivity index (χ1) is 9.84. The van der Waals surface area contributed by atoms with Crippen LogP contribution in [0.4, 0.5) is 10.1 Å². The van der Waals surface area contributed by atoms with Gasteiger partial charge in [-0.2, -0.15) is 4.31 Å². The lowest BCUT2D eigenvalue weighted by Gasteiger charge is -2.33. The van der Waals surface area contributed by atoms with E-state index in [1.54, 1.807) is 0 Å². The summed E-state index contributed by atoms with van der Waals surface area (Å²) in [5, 5.41) is 0. The summed E-state index contributed by atoms with van der Waals surface area (Å²) in [5.41, 5.74) is 2.26. The van der Waals surface area contributed by atoms with E-state index in [2.05, 4.69) is 5.43 Å². The van der Waals surface area contributed by atoms with Crippen LogP contribution in [-0.4, -0.2) is 56.0 Å². The molecule has 0 bridgehead atoms. The highest BCUT2D eigenvalue weighted by Crippen LogP contribution is 2.21. The van der Waals surface area contributed by atoms with Crippen LogP contribution in [-0.2, 0) is 10.0 Å². The number of nitrogen functional groups attached to an aromatic ring is 1. The van der Waals surface area contributed by atoms with Gasteiger partial charge in [-0.1, -0.05) is 6.07 Å². The van der Waals surface area contributed by atoms with Crippen molar-refractivity contribution in [2.45, 2.75) is 0 Å². The standard InChI is InChI=1S/C12H17FN4O3S/c1-21(19,20)17-7-5-16(6-8-17)12(18)9-3-2-4-10(13)11(9)15-14/h2-4,15H,5-8,14H2,1H3. The number of hydrogen-bond acceptors (Lipinski definition) is 5. The monoisotopic (exact) mass is 316 g/mol. The Hall–Kier alpha value is -1.71. The maximum atomic E-state index is 13.6. The fraction of sp³-hybridized carbons (Fsp3) is 0.417. The molecule has 1 saturated heterocycles. The van der Waals surface area contributed by atoms with Crippen LogP contribution in [0.5, 0.6) is 0 Å². The fourth-order valence-corrected chi connectivity index (χ4v) is 3.07. The van der Waals surface area contributed by atoms with Gasteiger partial charge in [-0.25, -0.2) is 12.8 Å². The number of nitrogens with two attached hydrogens (primary N) is 1. The van der Waals surface area contributed by atoms with Crippen molar-refractivity contribution >= 4 is 21.6 Å². The summed E-state index contributed by atoms with van der Waals surface area (Å²) < 4.78 is 37.8. The van der Waals surface area contributed by atoms with Crippen molar-refractivity contribution in [2.75, 3.05) is 37.9 Å². The summed E-state index contributed by atoms with van der Waals surface area (Å²) >= 11 is 0. The van der Waals surface area contributed by atoms with E-state index < -0.39 is 15.8 Å². The number of carbonyl (C=O) groups is 1. The van der Waals surface area contributed by atoms with Crippen LogP contribution in [0, 0.1) is 5.82 Å². The zero-order valence-corrected chi connectivity index (χ0v) is 12.4. The van der Waals surface area contributed by atoms with E-state index in [4.69, 9.17) is 5.84 Å². The van der Waals surface area contributed by atoms with Crippen molar-refractivity contribution in [2.24, 2.45) is 5.84 Å². The Balaban J connectivity index is 2.15. The van der Waals surface area contributed by atoms with E-state index in [0.29, 0.717) is 0 Å². The second-order valence-corrected chi connectivity index (χ2v) is 6.74. The molecule has 0 aliphatic carbocycles. The number of anilines is 1. The van der Waals surface area contributed by atoms with Gasteiger partial charge in [0.1, 0.15) is 5.82 Å². The molecule has 2 rings (SSSR count). The number of rotatable bonds is 3. The zero-order chi connectivity index (χ0) is 15.6. The van der Waals surface area contributed by atoms with E-state index >= 15 is 0 Å². The molecule has 1 fully saturated rings. The first kappa shape index (κ1) is 15.7. The van der Waals surface area contributed by atoms with Gasteiger partial charge < -0.3 is 10.3 Å². The minimum absolute atomic E-state index is 0.0620. The van der Waals surface area contributed by atoms with Crippen molar-refractivity contribution in [1.29, 1.82) is 0 Å². The van der Waals surface area contributed by atoms with Crippen molar-refractivity contribution in [3.8, 4) is 0 Å². The van der Waals surface area contributed by atoms with E-state index in [1.165, 1.54) is 27.4 Å². The lowest BCUT2D eigenvalue weighted by Crippen LogP contribution is -2.50. The number of nitrogens with one attached hydrogen (secondary N) is 1. The highest BCUT2D eigenvalue weighted by Gasteiger charge is 2.28. The Morgan fingerprint density at radius 3 is 2.43 bits per heavy atom. The molecule has 1 aromatic rings. The SMILES string of the molecule is CS(=O)(=O)N1CCN(C(=O)c2cccc(F)c2NN)CC1. The molecule has 1 aromatic carbocycles. The van der Waals surface area contributed by atoms with Crippen molar-refractivity contribution in [1.82, 2.24) is 9.21 Å². The number of para-hydroxylation sites is 1. The molecule has 0 radical (unpaired) electrons. The number of hydrazine groups is 1. The Labute approximate surface area is 122 Å². The Kier molecular flexibility index (Phi) is 4.45. The molecule has 3 N–H and O–H groups in total. The highest BCUT2D eigenvalue weighted by atomic mass is 32.2. The van der Waals surface area contributed by atoms with Crippen LogP contribution in [0.15, 0.2) is 18.2 Å². The average Bonchev–Trinajstić information content (AvgIpc) is 2.45. The maximum absolute atomic E-state index is 13.6. The molecule has 0 spiro atoms. The number of sulfonamides is 1. The summed E-state index contributed by atoms with van der Waals surface area (Å²) in [6.07, 6.45) is 1.13. The lowest BCUT2D eigenvalue weighted by atomic mass is 10.1. The van der Waals surface area contributed by atoms with Crippen molar-refractivity contribution < 1.29 is 17.6 Å². The van der Waals surface area contributed by atoms with Gasteiger partial charge in [-0.15, -0.1) is 0 Å². The van der Waals surface area contributed by atoms with Crippen LogP contribution >= 0.6 is 0 Å². The zero-order valence-electron chi connectivity index (χ0n) is 11.5. The molecule has 1 aliphatic rings. The van der Waals surface area contributed by atoms with E-state index in [9.17, 15) is 17.6 Å². The average molecular weight is 316 g/mol. The third-order valence-electron chi connectivity index (χ3n) is 3.38. The Morgan fingerprint density at radius 2 is 1.90 bits per heavy atom. The number of nitrogens with zero attached hydrogens (tertiary/aromatic N) is 2. The molecular weight excluding hydrogens is 299 g/mol. The molecular formula is C12H17FN4O3S. The fourth-order valence-electron chi connectivity index (χ4n) is 2.24. The van der Waals surface area contributed by atoms with Crippen LogP contribution in [0.2, 0.25) is 0 Å². The summed E-state index contributed by atoms with van der Waals surface area (Å²) in [7, 11) is -3.26. The van der Waals surface area contributed by atoms with Gasteiger partial charge in [0.05, 0.1) is 17.5 Å². The summed E-state index contributed by atoms with van der Waals surface area (Å²) in [5.74, 6) is 4.26. The molecule has 7 nitrogen and oxygen atoms in total. The number of amides is 1. The normalized spacial score (nSPS) is 16.8. The molecule has 0 unspecified atom stereocenters. The topological polar surface area (TPSA) is 95.7 Å².